The number of hydrogen-bond donors (Lipinski definition) is 1. The van der Waals surface area contributed by atoms with Gasteiger partial charge in [0.15, 0.2) is 0 Å². The van der Waals surface area contributed by atoms with Crippen LogP contribution in [-0.4, -0.2) is 11.7 Å². The summed E-state index contributed by atoms with van der Waals surface area (Å²) in [6.45, 7) is 4.56. The molecule has 0 saturated heterocycles. The summed E-state index contributed by atoms with van der Waals surface area (Å²) in [6, 6.07) is 0. The number of ketones is 1. The maximum atomic E-state index is 12.7. The lowest BCUT2D eigenvalue weighted by molar-refractivity contribution is -0.132. The molecule has 3 heteroatoms. The van der Waals surface area contributed by atoms with E-state index in [9.17, 15) is 9.59 Å². The van der Waals surface area contributed by atoms with E-state index < -0.39 is 11.8 Å². The highest BCUT2D eigenvalue weighted by molar-refractivity contribution is 6.00. The Hall–Kier alpha value is -1.38. The van der Waals surface area contributed by atoms with E-state index in [2.05, 4.69) is 38.2 Å². The fourth-order valence-corrected chi connectivity index (χ4v) is 6.66. The molecule has 1 amide bonds. The monoisotopic (exact) mass is 658 g/mol. The summed E-state index contributed by atoms with van der Waals surface area (Å²) in [5.41, 5.74) is 5.62. The molecule has 0 radical (unpaired) electrons. The molecule has 1 atom stereocenters. The van der Waals surface area contributed by atoms with Crippen molar-refractivity contribution >= 4 is 11.7 Å². The first kappa shape index (κ1) is 45.6. The van der Waals surface area contributed by atoms with Crippen molar-refractivity contribution in [3.8, 4) is 0 Å². The molecule has 47 heavy (non-hydrogen) atoms. The maximum absolute atomic E-state index is 12.7. The van der Waals surface area contributed by atoms with Crippen molar-refractivity contribution < 1.29 is 9.59 Å². The first-order chi connectivity index (χ1) is 23.1. The molecule has 0 aromatic carbocycles. The lowest BCUT2D eigenvalue weighted by Gasteiger charge is -2.12. The van der Waals surface area contributed by atoms with Crippen LogP contribution in [0.2, 0.25) is 0 Å². The molecule has 1 unspecified atom stereocenters. The fraction of sp³-hybridized carbons (Fsp3) is 0.864. The van der Waals surface area contributed by atoms with Crippen molar-refractivity contribution in [1.82, 2.24) is 0 Å². The van der Waals surface area contributed by atoms with Crippen molar-refractivity contribution in [3.63, 3.8) is 0 Å². The Morgan fingerprint density at radius 2 is 0.681 bits per heavy atom. The standard InChI is InChI=1S/C44H83NO2/c1-3-5-7-9-11-13-15-17-19-21-23-25-27-29-31-33-35-37-39-41-43(46)42(44(45)47)40-38-36-34-32-30-28-26-24-22-20-18-16-14-12-10-8-6-4-2/h17-20,42H,3-16,21-41H2,1-2H3,(H2,45,47)/b19-17-,20-18-. The second-order valence-corrected chi connectivity index (χ2v) is 14.6. The molecule has 0 aliphatic heterocycles. The zero-order chi connectivity index (χ0) is 34.3. The van der Waals surface area contributed by atoms with E-state index in [0.717, 1.165) is 25.7 Å². The van der Waals surface area contributed by atoms with E-state index in [1.807, 2.05) is 0 Å². The number of nitrogens with two attached hydrogens (primary N) is 1. The van der Waals surface area contributed by atoms with Crippen LogP contribution in [0.5, 0.6) is 0 Å². The molecule has 0 aliphatic carbocycles. The molecule has 0 aliphatic rings. The third-order valence-electron chi connectivity index (χ3n) is 9.92. The van der Waals surface area contributed by atoms with Gasteiger partial charge in [0, 0.05) is 6.42 Å². The largest absolute Gasteiger partial charge is 0.369 e. The molecule has 0 heterocycles. The Kier molecular flexibility index (Phi) is 37.9. The van der Waals surface area contributed by atoms with Crippen LogP contribution in [-0.2, 0) is 9.59 Å². The molecule has 0 aromatic rings. The summed E-state index contributed by atoms with van der Waals surface area (Å²) in [6.07, 6.45) is 53.3. The number of Topliss-reactive ketones (excluding diaryl/α,β-unsaturated/α-hetero) is 1. The number of hydrogen-bond acceptors (Lipinski definition) is 2. The average Bonchev–Trinajstić information content (AvgIpc) is 3.06. The molecular weight excluding hydrogens is 574 g/mol. The molecule has 3 nitrogen and oxygen atoms in total. The summed E-state index contributed by atoms with van der Waals surface area (Å²) < 4.78 is 0. The minimum absolute atomic E-state index is 0.0829. The minimum atomic E-state index is -0.561. The van der Waals surface area contributed by atoms with Crippen LogP contribution in [0.15, 0.2) is 24.3 Å². The summed E-state index contributed by atoms with van der Waals surface area (Å²) in [5, 5.41) is 0. The van der Waals surface area contributed by atoms with E-state index in [1.165, 1.54) is 186 Å². The Morgan fingerprint density at radius 3 is 1.00 bits per heavy atom. The summed E-state index contributed by atoms with van der Waals surface area (Å²) in [7, 11) is 0. The van der Waals surface area contributed by atoms with Gasteiger partial charge in [-0.25, -0.2) is 0 Å². The van der Waals surface area contributed by atoms with E-state index in [0.29, 0.717) is 12.8 Å². The molecule has 0 aromatic heterocycles. The highest BCUT2D eigenvalue weighted by atomic mass is 16.2. The molecule has 0 saturated carbocycles. The Balaban J connectivity index is 3.54. The third-order valence-corrected chi connectivity index (χ3v) is 9.92. The topological polar surface area (TPSA) is 60.2 Å². The molecule has 0 bridgehead atoms. The minimum Gasteiger partial charge on any atom is -0.369 e. The van der Waals surface area contributed by atoms with Crippen LogP contribution in [0.1, 0.15) is 239 Å². The highest BCUT2D eigenvalue weighted by Crippen LogP contribution is 2.18. The second-order valence-electron chi connectivity index (χ2n) is 14.6. The number of amides is 1. The highest BCUT2D eigenvalue weighted by Gasteiger charge is 2.22. The van der Waals surface area contributed by atoms with Crippen molar-refractivity contribution in [2.45, 2.75) is 239 Å². The van der Waals surface area contributed by atoms with Crippen LogP contribution < -0.4 is 5.73 Å². The van der Waals surface area contributed by atoms with Crippen LogP contribution in [0.25, 0.3) is 0 Å². The van der Waals surface area contributed by atoms with Crippen molar-refractivity contribution in [2.24, 2.45) is 11.7 Å². The normalized spacial score (nSPS) is 12.5. The van der Waals surface area contributed by atoms with Gasteiger partial charge in [-0.2, -0.15) is 0 Å². The van der Waals surface area contributed by atoms with E-state index in [4.69, 9.17) is 5.73 Å². The van der Waals surface area contributed by atoms with E-state index in [-0.39, 0.29) is 5.78 Å². The number of carbonyl (C=O) groups excluding carboxylic acids is 2. The lowest BCUT2D eigenvalue weighted by atomic mass is 9.92. The van der Waals surface area contributed by atoms with Gasteiger partial charge in [0.1, 0.15) is 5.78 Å². The first-order valence-corrected chi connectivity index (χ1v) is 21.2. The van der Waals surface area contributed by atoms with Crippen molar-refractivity contribution in [2.75, 3.05) is 0 Å². The number of primary amides is 1. The van der Waals surface area contributed by atoms with Gasteiger partial charge < -0.3 is 5.73 Å². The lowest BCUT2D eigenvalue weighted by Crippen LogP contribution is -2.30. The fourth-order valence-electron chi connectivity index (χ4n) is 6.66. The molecule has 0 fully saturated rings. The van der Waals surface area contributed by atoms with Crippen LogP contribution in [0.4, 0.5) is 0 Å². The van der Waals surface area contributed by atoms with Gasteiger partial charge in [0.05, 0.1) is 5.92 Å². The number of unbranched alkanes of at least 4 members (excludes halogenated alkanes) is 29. The van der Waals surface area contributed by atoms with E-state index >= 15 is 0 Å². The Labute approximate surface area is 295 Å². The second kappa shape index (κ2) is 39.1. The van der Waals surface area contributed by atoms with Gasteiger partial charge in [-0.15, -0.1) is 0 Å². The first-order valence-electron chi connectivity index (χ1n) is 21.2. The Bertz CT molecular complexity index is 712. The van der Waals surface area contributed by atoms with Crippen molar-refractivity contribution in [3.05, 3.63) is 24.3 Å². The average molecular weight is 658 g/mol. The predicted octanol–water partition coefficient (Wildman–Crippen LogP) is 14.5. The molecule has 2 N–H and O–H groups in total. The third kappa shape index (κ3) is 35.7. The number of rotatable bonds is 39. The van der Waals surface area contributed by atoms with Gasteiger partial charge in [-0.3, -0.25) is 9.59 Å². The predicted molar refractivity (Wildman–Crippen MR) is 209 cm³/mol. The number of carbonyl (C=O) groups is 2. The molecular formula is C44H83NO2. The maximum Gasteiger partial charge on any atom is 0.227 e. The van der Waals surface area contributed by atoms with Gasteiger partial charge in [0.25, 0.3) is 0 Å². The van der Waals surface area contributed by atoms with Crippen LogP contribution >= 0.6 is 0 Å². The smallest absolute Gasteiger partial charge is 0.227 e. The molecule has 0 rings (SSSR count). The zero-order valence-electron chi connectivity index (χ0n) is 32.0. The summed E-state index contributed by atoms with van der Waals surface area (Å²) in [4.78, 5) is 24.6. The zero-order valence-corrected chi connectivity index (χ0v) is 32.0. The summed E-state index contributed by atoms with van der Waals surface area (Å²) >= 11 is 0. The number of allylic oxidation sites excluding steroid dienone is 4. The summed E-state index contributed by atoms with van der Waals surface area (Å²) in [5.74, 6) is -0.890. The van der Waals surface area contributed by atoms with Crippen LogP contribution in [0.3, 0.4) is 0 Å². The van der Waals surface area contributed by atoms with Crippen molar-refractivity contribution in [1.29, 1.82) is 0 Å². The quantitative estimate of drug-likeness (QED) is 0.0406. The van der Waals surface area contributed by atoms with Gasteiger partial charge in [-0.05, 0) is 64.2 Å². The van der Waals surface area contributed by atoms with Gasteiger partial charge >= 0.3 is 0 Å². The van der Waals surface area contributed by atoms with Gasteiger partial charge in [0.2, 0.25) is 5.91 Å². The van der Waals surface area contributed by atoms with E-state index in [1.54, 1.807) is 0 Å². The van der Waals surface area contributed by atoms with Crippen LogP contribution in [0, 0.1) is 5.92 Å². The SMILES string of the molecule is CCCCCCCC/C=C\CCCCCCCCCCCC(=O)C(CCCCCCCCCC/C=C\CCCCCCCC)C(N)=O. The van der Waals surface area contributed by atoms with Gasteiger partial charge in [-0.1, -0.05) is 192 Å². The Morgan fingerprint density at radius 1 is 0.404 bits per heavy atom. The molecule has 276 valence electrons. The molecule has 0 spiro atoms.